The van der Waals surface area contributed by atoms with E-state index in [2.05, 4.69) is 29.4 Å². The van der Waals surface area contributed by atoms with E-state index in [1.165, 1.54) is 11.3 Å². The van der Waals surface area contributed by atoms with E-state index in [1.807, 2.05) is 6.92 Å². The largest absolute Gasteiger partial charge is 0.318 e. The molecule has 0 aliphatic rings. The van der Waals surface area contributed by atoms with Crippen molar-refractivity contribution in [3.8, 4) is 0 Å². The van der Waals surface area contributed by atoms with Gasteiger partial charge >= 0.3 is 0 Å². The van der Waals surface area contributed by atoms with Gasteiger partial charge in [-0.25, -0.2) is 0 Å². The minimum absolute atomic E-state index is 0. The van der Waals surface area contributed by atoms with Gasteiger partial charge < -0.3 is 5.73 Å². The van der Waals surface area contributed by atoms with Crippen molar-refractivity contribution in [2.45, 2.75) is 64.8 Å². The zero-order chi connectivity index (χ0) is 14.5. The van der Waals surface area contributed by atoms with E-state index >= 15 is 0 Å². The molecule has 1 aromatic heterocycles. The van der Waals surface area contributed by atoms with Gasteiger partial charge in [0.1, 0.15) is 5.01 Å². The van der Waals surface area contributed by atoms with Gasteiger partial charge in [0.25, 0.3) is 0 Å². The summed E-state index contributed by atoms with van der Waals surface area (Å²) in [4.78, 5) is 12.0. The van der Waals surface area contributed by atoms with Crippen LogP contribution >= 0.6 is 23.7 Å². The second-order valence-corrected chi connectivity index (χ2v) is 6.09. The van der Waals surface area contributed by atoms with E-state index in [0.717, 1.165) is 24.3 Å². The van der Waals surface area contributed by atoms with E-state index < -0.39 is 5.54 Å². The van der Waals surface area contributed by atoms with E-state index in [4.69, 9.17) is 5.73 Å². The number of rotatable bonds is 7. The summed E-state index contributed by atoms with van der Waals surface area (Å²) in [5.74, 6) is 0.227. The summed E-state index contributed by atoms with van der Waals surface area (Å²) >= 11 is 1.44. The molecular weight excluding hydrogens is 296 g/mol. The number of carbonyl (C=O) groups is 1. The molecule has 0 aromatic carbocycles. The number of hydrogen-bond acceptors (Lipinski definition) is 5. The zero-order valence-corrected chi connectivity index (χ0v) is 14.2. The number of amides is 1. The smallest absolute Gasteiger partial charge is 0.245 e. The number of halogens is 1. The maximum absolute atomic E-state index is 12.0. The predicted molar refractivity (Wildman–Crippen MR) is 86.6 cm³/mol. The summed E-state index contributed by atoms with van der Waals surface area (Å²) in [7, 11) is 0. The second-order valence-electron chi connectivity index (χ2n) is 5.08. The third-order valence-corrected chi connectivity index (χ3v) is 4.29. The molecular formula is C13H25ClN4OS. The topological polar surface area (TPSA) is 80.9 Å². The highest BCUT2D eigenvalue weighted by molar-refractivity contribution is 7.15. The Kier molecular flexibility index (Phi) is 8.23. The van der Waals surface area contributed by atoms with E-state index in [9.17, 15) is 4.79 Å². The van der Waals surface area contributed by atoms with Crippen LogP contribution in [0, 0.1) is 0 Å². The van der Waals surface area contributed by atoms with Crippen molar-refractivity contribution in [1.82, 2.24) is 10.2 Å². The lowest BCUT2D eigenvalue weighted by Crippen LogP contribution is -2.48. The summed E-state index contributed by atoms with van der Waals surface area (Å²) in [6.07, 6.45) is 3.58. The first-order valence-electron chi connectivity index (χ1n) is 6.88. The third-order valence-electron chi connectivity index (χ3n) is 3.28. The molecule has 0 bridgehead atoms. The highest BCUT2D eigenvalue weighted by atomic mass is 35.5. The lowest BCUT2D eigenvalue weighted by Gasteiger charge is -2.21. The van der Waals surface area contributed by atoms with Crippen molar-refractivity contribution >= 4 is 34.8 Å². The van der Waals surface area contributed by atoms with Gasteiger partial charge in [-0.05, 0) is 26.2 Å². The average Bonchev–Trinajstić information content (AvgIpc) is 2.79. The molecule has 1 unspecified atom stereocenters. The van der Waals surface area contributed by atoms with Crippen LogP contribution in [0.15, 0.2) is 0 Å². The number of carbonyl (C=O) groups excluding carboxylic acids is 1. The van der Waals surface area contributed by atoms with Crippen molar-refractivity contribution < 1.29 is 4.79 Å². The van der Waals surface area contributed by atoms with Gasteiger partial charge in [0, 0.05) is 5.92 Å². The molecule has 5 nitrogen and oxygen atoms in total. The molecule has 0 saturated carbocycles. The van der Waals surface area contributed by atoms with Crippen molar-refractivity contribution in [1.29, 1.82) is 0 Å². The van der Waals surface area contributed by atoms with Crippen LogP contribution in [0.2, 0.25) is 0 Å². The Hall–Kier alpha value is -0.720. The molecule has 1 aromatic rings. The minimum atomic E-state index is -0.852. The number of nitrogens with one attached hydrogen (secondary N) is 1. The fraction of sp³-hybridized carbons (Fsp3) is 0.769. The summed E-state index contributed by atoms with van der Waals surface area (Å²) in [6.45, 7) is 8.02. The van der Waals surface area contributed by atoms with E-state index in [-0.39, 0.29) is 18.3 Å². The second kappa shape index (κ2) is 8.54. The predicted octanol–water partition coefficient (Wildman–Crippen LogP) is 3.32. The first-order valence-corrected chi connectivity index (χ1v) is 7.69. The Morgan fingerprint density at radius 2 is 1.95 bits per heavy atom. The number of nitrogens with two attached hydrogens (primary N) is 1. The molecule has 0 fully saturated rings. The summed E-state index contributed by atoms with van der Waals surface area (Å²) < 4.78 is 0. The van der Waals surface area contributed by atoms with Crippen LogP contribution < -0.4 is 11.1 Å². The van der Waals surface area contributed by atoms with Crippen LogP contribution in [0.25, 0.3) is 0 Å². The van der Waals surface area contributed by atoms with Gasteiger partial charge in [-0.15, -0.1) is 22.6 Å². The van der Waals surface area contributed by atoms with Crippen molar-refractivity contribution in [2.75, 3.05) is 5.32 Å². The Morgan fingerprint density at radius 3 is 2.45 bits per heavy atom. The lowest BCUT2D eigenvalue weighted by atomic mass is 9.97. The Bertz CT molecular complexity index is 418. The molecule has 7 heteroatoms. The van der Waals surface area contributed by atoms with Gasteiger partial charge in [0.2, 0.25) is 11.0 Å². The first kappa shape index (κ1) is 19.3. The fourth-order valence-corrected chi connectivity index (χ4v) is 2.97. The summed E-state index contributed by atoms with van der Waals surface area (Å²) in [6, 6.07) is 0. The van der Waals surface area contributed by atoms with Gasteiger partial charge in [0.05, 0.1) is 5.54 Å². The van der Waals surface area contributed by atoms with Crippen molar-refractivity contribution in [3.63, 3.8) is 0 Å². The van der Waals surface area contributed by atoms with Crippen molar-refractivity contribution in [2.24, 2.45) is 5.73 Å². The molecule has 0 saturated heterocycles. The van der Waals surface area contributed by atoms with Crippen LogP contribution in [0.4, 0.5) is 5.13 Å². The molecule has 1 heterocycles. The Morgan fingerprint density at radius 1 is 1.35 bits per heavy atom. The van der Waals surface area contributed by atoms with Crippen LogP contribution in [-0.4, -0.2) is 21.6 Å². The molecule has 0 aliphatic carbocycles. The minimum Gasteiger partial charge on any atom is -0.318 e. The molecule has 3 N–H and O–H groups in total. The van der Waals surface area contributed by atoms with Crippen LogP contribution in [0.1, 0.15) is 64.3 Å². The lowest BCUT2D eigenvalue weighted by molar-refractivity contribution is -0.120. The molecule has 1 atom stereocenters. The van der Waals surface area contributed by atoms with Crippen molar-refractivity contribution in [3.05, 3.63) is 5.01 Å². The quantitative estimate of drug-likeness (QED) is 0.807. The number of hydrogen-bond donors (Lipinski definition) is 2. The fourth-order valence-electron chi connectivity index (χ4n) is 1.96. The van der Waals surface area contributed by atoms with E-state index in [1.54, 1.807) is 6.92 Å². The standard InChI is InChI=1S/C13H24N4OS.ClH/c1-5-8-13(4,14)11(18)15-12-17-16-10(19-12)9(6-2)7-3;/h9H,5-8,14H2,1-4H3,(H,15,17,18);1H. The average molecular weight is 321 g/mol. The normalized spacial score (nSPS) is 13.7. The third kappa shape index (κ3) is 5.00. The Labute approximate surface area is 131 Å². The first-order chi connectivity index (χ1) is 8.94. The van der Waals surface area contributed by atoms with E-state index in [0.29, 0.717) is 17.5 Å². The Balaban J connectivity index is 0.00000361. The maximum Gasteiger partial charge on any atom is 0.245 e. The molecule has 0 aliphatic heterocycles. The molecule has 0 spiro atoms. The van der Waals surface area contributed by atoms with Crippen LogP contribution in [-0.2, 0) is 4.79 Å². The summed E-state index contributed by atoms with van der Waals surface area (Å²) in [5, 5.41) is 12.5. The number of nitrogens with zero attached hydrogens (tertiary/aromatic N) is 2. The maximum atomic E-state index is 12.0. The van der Waals surface area contributed by atoms with Gasteiger partial charge in [-0.3, -0.25) is 10.1 Å². The van der Waals surface area contributed by atoms with Crippen LogP contribution in [0.3, 0.4) is 0 Å². The summed E-state index contributed by atoms with van der Waals surface area (Å²) in [5.41, 5.74) is 5.13. The molecule has 116 valence electrons. The number of anilines is 1. The monoisotopic (exact) mass is 320 g/mol. The highest BCUT2D eigenvalue weighted by Gasteiger charge is 2.28. The van der Waals surface area contributed by atoms with Crippen LogP contribution in [0.5, 0.6) is 0 Å². The van der Waals surface area contributed by atoms with Gasteiger partial charge in [-0.2, -0.15) is 0 Å². The molecule has 20 heavy (non-hydrogen) atoms. The number of aromatic nitrogens is 2. The molecule has 1 amide bonds. The zero-order valence-electron chi connectivity index (χ0n) is 12.6. The van der Waals surface area contributed by atoms with Gasteiger partial charge in [0.15, 0.2) is 0 Å². The highest BCUT2D eigenvalue weighted by Crippen LogP contribution is 2.28. The molecule has 1 rings (SSSR count). The SMILES string of the molecule is CCCC(C)(N)C(=O)Nc1nnc(C(CC)CC)s1.Cl. The molecule has 0 radical (unpaired) electrons. The van der Waals surface area contributed by atoms with Gasteiger partial charge in [-0.1, -0.05) is 38.5 Å².